The van der Waals surface area contributed by atoms with Crippen LogP contribution in [0.15, 0.2) is 18.5 Å². The molecule has 19 heavy (non-hydrogen) atoms. The molecular weight excluding hydrogens is 272 g/mol. The SMILES string of the molecule is O=C(O)CC1COCCN1C(=O)c1ccncc1Cl. The summed E-state index contributed by atoms with van der Waals surface area (Å²) in [6.07, 6.45) is 2.72. The molecule has 0 aromatic carbocycles. The third-order valence-electron chi connectivity index (χ3n) is 2.90. The number of nitrogens with zero attached hydrogens (tertiary/aromatic N) is 2. The van der Waals surface area contributed by atoms with Crippen LogP contribution in [0.3, 0.4) is 0 Å². The van der Waals surface area contributed by atoms with Gasteiger partial charge in [0.15, 0.2) is 0 Å². The largest absolute Gasteiger partial charge is 0.481 e. The molecule has 1 saturated heterocycles. The number of carboxylic acid groups (broad SMARTS) is 1. The van der Waals surface area contributed by atoms with Crippen LogP contribution in [0.4, 0.5) is 0 Å². The summed E-state index contributed by atoms with van der Waals surface area (Å²) in [6, 6.07) is 1.06. The van der Waals surface area contributed by atoms with Gasteiger partial charge in [0.05, 0.1) is 36.3 Å². The van der Waals surface area contributed by atoms with Crippen molar-refractivity contribution in [2.75, 3.05) is 19.8 Å². The molecule has 1 N–H and O–H groups in total. The highest BCUT2D eigenvalue weighted by molar-refractivity contribution is 6.33. The third kappa shape index (κ3) is 3.21. The first-order valence-electron chi connectivity index (χ1n) is 5.79. The quantitative estimate of drug-likeness (QED) is 0.897. The third-order valence-corrected chi connectivity index (χ3v) is 3.20. The van der Waals surface area contributed by atoms with E-state index in [9.17, 15) is 9.59 Å². The van der Waals surface area contributed by atoms with Crippen molar-refractivity contribution in [3.8, 4) is 0 Å². The molecule has 7 heteroatoms. The average Bonchev–Trinajstić information content (AvgIpc) is 2.38. The number of aromatic nitrogens is 1. The Kier molecular flexibility index (Phi) is 4.34. The highest BCUT2D eigenvalue weighted by Crippen LogP contribution is 2.20. The fraction of sp³-hybridized carbons (Fsp3) is 0.417. The maximum absolute atomic E-state index is 12.4. The Hall–Kier alpha value is -1.66. The number of carbonyl (C=O) groups excluding carboxylic acids is 1. The molecule has 102 valence electrons. The van der Waals surface area contributed by atoms with Gasteiger partial charge >= 0.3 is 5.97 Å². The van der Waals surface area contributed by atoms with Gasteiger partial charge in [0.25, 0.3) is 5.91 Å². The maximum Gasteiger partial charge on any atom is 0.305 e. The first-order chi connectivity index (χ1) is 9.09. The van der Waals surface area contributed by atoms with E-state index in [-0.39, 0.29) is 24.0 Å². The van der Waals surface area contributed by atoms with Gasteiger partial charge in [-0.25, -0.2) is 0 Å². The Morgan fingerprint density at radius 1 is 1.58 bits per heavy atom. The zero-order chi connectivity index (χ0) is 13.8. The van der Waals surface area contributed by atoms with Gasteiger partial charge < -0.3 is 14.7 Å². The van der Waals surface area contributed by atoms with Crippen molar-refractivity contribution >= 4 is 23.5 Å². The molecule has 1 aromatic rings. The first-order valence-corrected chi connectivity index (χ1v) is 6.17. The van der Waals surface area contributed by atoms with E-state index >= 15 is 0 Å². The Labute approximate surface area is 114 Å². The number of ether oxygens (including phenoxy) is 1. The van der Waals surface area contributed by atoms with Gasteiger partial charge in [0.2, 0.25) is 0 Å². The van der Waals surface area contributed by atoms with Crippen molar-refractivity contribution < 1.29 is 19.4 Å². The summed E-state index contributed by atoms with van der Waals surface area (Å²) >= 11 is 5.93. The molecule has 1 aromatic heterocycles. The molecule has 2 heterocycles. The number of carbonyl (C=O) groups is 2. The van der Waals surface area contributed by atoms with Crippen LogP contribution in [-0.2, 0) is 9.53 Å². The second kappa shape index (κ2) is 5.99. The number of rotatable bonds is 3. The smallest absolute Gasteiger partial charge is 0.305 e. The molecular formula is C12H13ClN2O4. The van der Waals surface area contributed by atoms with Crippen LogP contribution in [0.5, 0.6) is 0 Å². The Bertz CT molecular complexity index is 494. The van der Waals surface area contributed by atoms with Crippen molar-refractivity contribution in [2.24, 2.45) is 0 Å². The van der Waals surface area contributed by atoms with Crippen LogP contribution >= 0.6 is 11.6 Å². The number of hydrogen-bond acceptors (Lipinski definition) is 4. The van der Waals surface area contributed by atoms with E-state index in [0.29, 0.717) is 18.7 Å². The van der Waals surface area contributed by atoms with E-state index in [1.165, 1.54) is 23.4 Å². The lowest BCUT2D eigenvalue weighted by Gasteiger charge is -2.35. The van der Waals surface area contributed by atoms with Gasteiger partial charge in [0, 0.05) is 18.9 Å². The highest BCUT2D eigenvalue weighted by atomic mass is 35.5. The van der Waals surface area contributed by atoms with Crippen LogP contribution in [-0.4, -0.2) is 52.7 Å². The molecule has 0 aliphatic carbocycles. The molecule has 0 spiro atoms. The van der Waals surface area contributed by atoms with Crippen molar-refractivity contribution in [2.45, 2.75) is 12.5 Å². The van der Waals surface area contributed by atoms with Crippen LogP contribution in [0.1, 0.15) is 16.8 Å². The molecule has 6 nitrogen and oxygen atoms in total. The Morgan fingerprint density at radius 2 is 2.37 bits per heavy atom. The standard InChI is InChI=1S/C12H13ClN2O4/c13-10-6-14-2-1-9(10)12(18)15-3-4-19-7-8(15)5-11(16)17/h1-2,6,8H,3-5,7H2,(H,16,17). The fourth-order valence-corrected chi connectivity index (χ4v) is 2.20. The first kappa shape index (κ1) is 13.8. The van der Waals surface area contributed by atoms with Gasteiger partial charge in [-0.2, -0.15) is 0 Å². The van der Waals surface area contributed by atoms with Crippen LogP contribution < -0.4 is 0 Å². The van der Waals surface area contributed by atoms with E-state index < -0.39 is 12.0 Å². The molecule has 1 aliphatic rings. The van der Waals surface area contributed by atoms with Gasteiger partial charge in [-0.05, 0) is 6.07 Å². The Balaban J connectivity index is 2.20. The Morgan fingerprint density at radius 3 is 3.05 bits per heavy atom. The molecule has 0 saturated carbocycles. The number of amides is 1. The topological polar surface area (TPSA) is 79.7 Å². The molecule has 1 atom stereocenters. The minimum atomic E-state index is -0.964. The second-order valence-electron chi connectivity index (χ2n) is 4.18. The lowest BCUT2D eigenvalue weighted by molar-refractivity contribution is -0.139. The predicted octanol–water partition coefficient (Wildman–Crippen LogP) is 1.05. The second-order valence-corrected chi connectivity index (χ2v) is 4.59. The fourth-order valence-electron chi connectivity index (χ4n) is 2.00. The van der Waals surface area contributed by atoms with Gasteiger partial charge in [-0.3, -0.25) is 14.6 Å². The van der Waals surface area contributed by atoms with Gasteiger partial charge in [-0.15, -0.1) is 0 Å². The predicted molar refractivity (Wildman–Crippen MR) is 67.1 cm³/mol. The number of hydrogen-bond donors (Lipinski definition) is 1. The van der Waals surface area contributed by atoms with Gasteiger partial charge in [-0.1, -0.05) is 11.6 Å². The highest BCUT2D eigenvalue weighted by Gasteiger charge is 2.30. The van der Waals surface area contributed by atoms with E-state index in [4.69, 9.17) is 21.4 Å². The lowest BCUT2D eigenvalue weighted by atomic mass is 10.1. The molecule has 0 bridgehead atoms. The normalized spacial score (nSPS) is 19.2. The maximum atomic E-state index is 12.4. The lowest BCUT2D eigenvalue weighted by Crippen LogP contribution is -2.49. The number of aliphatic carboxylic acids is 1. The number of carboxylic acids is 1. The molecule has 1 unspecified atom stereocenters. The number of halogens is 1. The van der Waals surface area contributed by atoms with E-state index in [1.54, 1.807) is 0 Å². The molecule has 1 aliphatic heterocycles. The van der Waals surface area contributed by atoms with Crippen molar-refractivity contribution in [3.63, 3.8) is 0 Å². The van der Waals surface area contributed by atoms with Crippen LogP contribution in [0.25, 0.3) is 0 Å². The summed E-state index contributed by atoms with van der Waals surface area (Å²) in [6.45, 7) is 0.973. The minimum Gasteiger partial charge on any atom is -0.481 e. The molecule has 1 amide bonds. The minimum absolute atomic E-state index is 0.144. The summed E-state index contributed by atoms with van der Waals surface area (Å²) in [4.78, 5) is 28.5. The summed E-state index contributed by atoms with van der Waals surface area (Å²) in [5, 5.41) is 9.12. The van der Waals surface area contributed by atoms with Crippen molar-refractivity contribution in [3.05, 3.63) is 29.0 Å². The van der Waals surface area contributed by atoms with Crippen LogP contribution in [0, 0.1) is 0 Å². The summed E-state index contributed by atoms with van der Waals surface area (Å²) < 4.78 is 5.23. The molecule has 1 fully saturated rings. The van der Waals surface area contributed by atoms with E-state index in [2.05, 4.69) is 4.98 Å². The van der Waals surface area contributed by atoms with Crippen LogP contribution in [0.2, 0.25) is 5.02 Å². The average molecular weight is 285 g/mol. The summed E-state index contributed by atoms with van der Waals surface area (Å²) in [7, 11) is 0. The van der Waals surface area contributed by atoms with Gasteiger partial charge in [0.1, 0.15) is 0 Å². The number of pyridine rings is 1. The number of morpholine rings is 1. The summed E-state index contributed by atoms with van der Waals surface area (Å²) in [5.74, 6) is -1.25. The zero-order valence-electron chi connectivity index (χ0n) is 10.1. The zero-order valence-corrected chi connectivity index (χ0v) is 10.8. The molecule has 2 rings (SSSR count). The summed E-state index contributed by atoms with van der Waals surface area (Å²) in [5.41, 5.74) is 0.328. The van der Waals surface area contributed by atoms with E-state index in [0.717, 1.165) is 0 Å². The van der Waals surface area contributed by atoms with E-state index in [1.807, 2.05) is 0 Å². The molecule has 0 radical (unpaired) electrons. The van der Waals surface area contributed by atoms with Crippen molar-refractivity contribution in [1.82, 2.24) is 9.88 Å². The van der Waals surface area contributed by atoms with Crippen molar-refractivity contribution in [1.29, 1.82) is 0 Å². The monoisotopic (exact) mass is 284 g/mol.